The molecule has 0 amide bonds. The number of rotatable bonds is 13. The maximum Gasteiger partial charge on any atom is 0.115 e. The summed E-state index contributed by atoms with van der Waals surface area (Å²) in [6.45, 7) is 13.9. The molecule has 3 aliphatic rings. The Labute approximate surface area is 216 Å². The van der Waals surface area contributed by atoms with Gasteiger partial charge >= 0.3 is 0 Å². The average Bonchev–Trinajstić information content (AvgIpc) is 3.62. The molecule has 0 bridgehead atoms. The maximum absolute atomic E-state index is 9.86. The highest BCUT2D eigenvalue weighted by atomic mass is 16.3. The van der Waals surface area contributed by atoms with Gasteiger partial charge in [0.1, 0.15) is 5.75 Å². The van der Waals surface area contributed by atoms with Crippen LogP contribution in [0.4, 0.5) is 0 Å². The summed E-state index contributed by atoms with van der Waals surface area (Å²) in [6.07, 6.45) is 16.2. The molecule has 1 aromatic rings. The monoisotopic (exact) mass is 482 g/mol. The van der Waals surface area contributed by atoms with Crippen LogP contribution in [-0.2, 0) is 6.42 Å². The van der Waals surface area contributed by atoms with Gasteiger partial charge in [-0.05, 0) is 112 Å². The number of aromatic hydroxyl groups is 1. The number of phenols is 1. The third kappa shape index (κ3) is 5.77. The molecule has 1 heterocycles. The molecule has 1 saturated heterocycles. The number of hydrogen-bond donors (Lipinski definition) is 1. The summed E-state index contributed by atoms with van der Waals surface area (Å²) in [7, 11) is 2.43. The Bertz CT molecular complexity index is 789. The number of phenolic OH excluding ortho intramolecular Hbond substituents is 1. The Morgan fingerprint density at radius 2 is 1.71 bits per heavy atom. The summed E-state index contributed by atoms with van der Waals surface area (Å²) in [5.74, 6) is 2.12. The zero-order chi connectivity index (χ0) is 25.1. The number of likely N-dealkylation sites (tertiary alicyclic amines) is 1. The van der Waals surface area contributed by atoms with Crippen molar-refractivity contribution in [3.63, 3.8) is 0 Å². The first-order valence-electron chi connectivity index (χ1n) is 15.0. The number of fused-ring (bicyclic) bond motifs is 1. The van der Waals surface area contributed by atoms with Gasteiger partial charge in [0.2, 0.25) is 0 Å². The van der Waals surface area contributed by atoms with Crippen LogP contribution in [0.15, 0.2) is 24.3 Å². The predicted molar refractivity (Wildman–Crippen MR) is 149 cm³/mol. The van der Waals surface area contributed by atoms with Gasteiger partial charge in [0.05, 0.1) is 0 Å². The van der Waals surface area contributed by atoms with E-state index in [1.807, 2.05) is 12.1 Å². The molecule has 1 aliphatic heterocycles. The van der Waals surface area contributed by atoms with E-state index in [0.717, 1.165) is 24.3 Å². The highest BCUT2D eigenvalue weighted by Gasteiger charge is 2.62. The summed E-state index contributed by atoms with van der Waals surface area (Å²) in [4.78, 5) is 5.67. The van der Waals surface area contributed by atoms with Gasteiger partial charge in [-0.25, -0.2) is 0 Å². The third-order valence-corrected chi connectivity index (χ3v) is 10.7. The fourth-order valence-corrected chi connectivity index (χ4v) is 8.09. The average molecular weight is 483 g/mol. The van der Waals surface area contributed by atoms with Gasteiger partial charge in [-0.2, -0.15) is 0 Å². The van der Waals surface area contributed by atoms with Crippen LogP contribution in [0.5, 0.6) is 5.75 Å². The van der Waals surface area contributed by atoms with Crippen molar-refractivity contribution in [2.75, 3.05) is 26.7 Å². The van der Waals surface area contributed by atoms with Crippen molar-refractivity contribution in [3.8, 4) is 5.75 Å². The second kappa shape index (κ2) is 11.5. The Balaban J connectivity index is 1.57. The van der Waals surface area contributed by atoms with E-state index in [9.17, 15) is 5.11 Å². The van der Waals surface area contributed by atoms with Crippen LogP contribution in [0.25, 0.3) is 0 Å². The third-order valence-electron chi connectivity index (χ3n) is 10.7. The molecule has 4 rings (SSSR count). The van der Waals surface area contributed by atoms with E-state index in [0.29, 0.717) is 22.6 Å². The smallest absolute Gasteiger partial charge is 0.115 e. The van der Waals surface area contributed by atoms with E-state index in [2.05, 4.69) is 56.7 Å². The van der Waals surface area contributed by atoms with E-state index in [-0.39, 0.29) is 0 Å². The molecule has 198 valence electrons. The molecule has 1 N–H and O–H groups in total. The first kappa shape index (κ1) is 27.0. The van der Waals surface area contributed by atoms with Gasteiger partial charge in [0.15, 0.2) is 0 Å². The standard InChI is InChI=1S/C32H54N2O/c1-6-8-9-10-21-33(5)29(11-7-2)28-18-19-32(4)30(23-25-14-16-27(35)17-15-25)34(24-26-12-13-26)22-20-31(28,32)3/h14-17,26,28-30,35H,6-13,18-24H2,1-5H3. The van der Waals surface area contributed by atoms with Crippen LogP contribution < -0.4 is 0 Å². The van der Waals surface area contributed by atoms with Crippen molar-refractivity contribution in [3.05, 3.63) is 29.8 Å². The van der Waals surface area contributed by atoms with Crippen LogP contribution in [0, 0.1) is 22.7 Å². The van der Waals surface area contributed by atoms with Crippen LogP contribution in [-0.4, -0.2) is 53.7 Å². The van der Waals surface area contributed by atoms with Gasteiger partial charge in [0, 0.05) is 18.6 Å². The van der Waals surface area contributed by atoms with Crippen molar-refractivity contribution in [1.29, 1.82) is 0 Å². The number of nitrogens with zero attached hydrogens (tertiary/aromatic N) is 2. The van der Waals surface area contributed by atoms with Crippen molar-refractivity contribution < 1.29 is 5.11 Å². The lowest BCUT2D eigenvalue weighted by Crippen LogP contribution is -2.61. The first-order valence-corrected chi connectivity index (χ1v) is 15.0. The quantitative estimate of drug-likeness (QED) is 0.294. The van der Waals surface area contributed by atoms with Crippen molar-refractivity contribution in [1.82, 2.24) is 9.80 Å². The van der Waals surface area contributed by atoms with Gasteiger partial charge < -0.3 is 10.0 Å². The summed E-state index contributed by atoms with van der Waals surface area (Å²) in [6, 6.07) is 9.42. The fraction of sp³-hybridized carbons (Fsp3) is 0.812. The Hall–Kier alpha value is -1.06. The second-order valence-electron chi connectivity index (χ2n) is 13.0. The molecular weight excluding hydrogens is 428 g/mol. The van der Waals surface area contributed by atoms with Crippen LogP contribution in [0.3, 0.4) is 0 Å². The number of piperidine rings is 1. The minimum absolute atomic E-state index is 0.345. The molecule has 2 saturated carbocycles. The lowest BCUT2D eigenvalue weighted by atomic mass is 9.55. The summed E-state index contributed by atoms with van der Waals surface area (Å²) < 4.78 is 0. The van der Waals surface area contributed by atoms with Gasteiger partial charge in [0.25, 0.3) is 0 Å². The topological polar surface area (TPSA) is 26.7 Å². The van der Waals surface area contributed by atoms with E-state index in [4.69, 9.17) is 0 Å². The summed E-state index contributed by atoms with van der Waals surface area (Å²) >= 11 is 0. The number of unbranched alkanes of at least 4 members (excludes halogenated alkanes) is 3. The Morgan fingerprint density at radius 1 is 0.971 bits per heavy atom. The van der Waals surface area contributed by atoms with E-state index >= 15 is 0 Å². The molecule has 2 aliphatic carbocycles. The largest absolute Gasteiger partial charge is 0.508 e. The van der Waals surface area contributed by atoms with Crippen molar-refractivity contribution in [2.24, 2.45) is 22.7 Å². The lowest BCUT2D eigenvalue weighted by molar-refractivity contribution is -0.0936. The molecule has 5 unspecified atom stereocenters. The molecule has 3 heteroatoms. The molecular formula is C32H54N2O. The van der Waals surface area contributed by atoms with Crippen LogP contribution in [0.1, 0.15) is 104 Å². The minimum atomic E-state index is 0.345. The van der Waals surface area contributed by atoms with E-state index in [1.54, 1.807) is 0 Å². The second-order valence-corrected chi connectivity index (χ2v) is 13.0. The molecule has 0 aromatic heterocycles. The lowest BCUT2D eigenvalue weighted by Gasteiger charge is -2.59. The molecule has 0 radical (unpaired) electrons. The van der Waals surface area contributed by atoms with Gasteiger partial charge in [-0.1, -0.05) is 65.5 Å². The van der Waals surface area contributed by atoms with E-state index in [1.165, 1.54) is 95.8 Å². The normalized spacial score (nSPS) is 32.2. The highest BCUT2D eigenvalue weighted by molar-refractivity contribution is 5.28. The molecule has 35 heavy (non-hydrogen) atoms. The van der Waals surface area contributed by atoms with Crippen molar-refractivity contribution >= 4 is 0 Å². The minimum Gasteiger partial charge on any atom is -0.508 e. The van der Waals surface area contributed by atoms with E-state index < -0.39 is 0 Å². The molecule has 1 aromatic carbocycles. The summed E-state index contributed by atoms with van der Waals surface area (Å²) in [5, 5.41) is 9.86. The maximum atomic E-state index is 9.86. The Kier molecular flexibility index (Phi) is 8.91. The Morgan fingerprint density at radius 3 is 2.37 bits per heavy atom. The SMILES string of the molecule is CCCCCCN(C)C(CCC)C1CCC2(C)C(Cc3ccc(O)cc3)N(CC3CC3)CCC12C. The van der Waals surface area contributed by atoms with Gasteiger partial charge in [-0.15, -0.1) is 0 Å². The summed E-state index contributed by atoms with van der Waals surface area (Å²) in [5.41, 5.74) is 2.13. The molecule has 0 spiro atoms. The van der Waals surface area contributed by atoms with Crippen LogP contribution >= 0.6 is 0 Å². The number of benzene rings is 1. The molecule has 3 fully saturated rings. The van der Waals surface area contributed by atoms with Gasteiger partial charge in [-0.3, -0.25) is 4.90 Å². The zero-order valence-electron chi connectivity index (χ0n) is 23.6. The highest BCUT2D eigenvalue weighted by Crippen LogP contribution is 2.64. The fourth-order valence-electron chi connectivity index (χ4n) is 8.09. The first-order chi connectivity index (χ1) is 16.8. The molecule has 3 nitrogen and oxygen atoms in total. The predicted octanol–water partition coefficient (Wildman–Crippen LogP) is 7.52. The zero-order valence-corrected chi connectivity index (χ0v) is 23.6. The number of hydrogen-bond acceptors (Lipinski definition) is 3. The van der Waals surface area contributed by atoms with Crippen molar-refractivity contribution in [2.45, 2.75) is 117 Å². The molecule has 5 atom stereocenters. The van der Waals surface area contributed by atoms with Crippen LogP contribution in [0.2, 0.25) is 0 Å².